The van der Waals surface area contributed by atoms with Gasteiger partial charge >= 0.3 is 12.0 Å². The van der Waals surface area contributed by atoms with Crippen LogP contribution < -0.4 is 10.1 Å². The molecule has 0 aliphatic heterocycles. The fourth-order valence-electron chi connectivity index (χ4n) is 3.43. The minimum atomic E-state index is -0.976. The molecule has 0 bridgehead atoms. The van der Waals surface area contributed by atoms with Gasteiger partial charge in [-0.15, -0.1) is 0 Å². The SMILES string of the molecule is CCCCCSCCN(CCOc1ccc(CC(OCC)C(=O)O)cc1)C(=O)Nc1ccccc1Cl. The van der Waals surface area contributed by atoms with Crippen LogP contribution in [-0.4, -0.2) is 65.9 Å². The van der Waals surface area contributed by atoms with Gasteiger partial charge in [0.1, 0.15) is 12.4 Å². The van der Waals surface area contributed by atoms with E-state index in [2.05, 4.69) is 12.2 Å². The molecule has 1 unspecified atom stereocenters. The molecular weight excluding hydrogens is 500 g/mol. The number of carbonyl (C=O) groups excluding carboxylic acids is 1. The lowest BCUT2D eigenvalue weighted by Gasteiger charge is -2.23. The van der Waals surface area contributed by atoms with Gasteiger partial charge in [0.15, 0.2) is 6.10 Å². The van der Waals surface area contributed by atoms with Crippen molar-refractivity contribution < 1.29 is 24.2 Å². The summed E-state index contributed by atoms with van der Waals surface area (Å²) in [6, 6.07) is 14.2. The summed E-state index contributed by atoms with van der Waals surface area (Å²) < 4.78 is 11.1. The van der Waals surface area contributed by atoms with E-state index in [4.69, 9.17) is 21.1 Å². The molecule has 36 heavy (non-hydrogen) atoms. The van der Waals surface area contributed by atoms with Crippen LogP contribution >= 0.6 is 23.4 Å². The normalized spacial score (nSPS) is 11.6. The van der Waals surface area contributed by atoms with Crippen LogP contribution in [0.2, 0.25) is 5.02 Å². The number of halogens is 1. The van der Waals surface area contributed by atoms with E-state index in [0.29, 0.717) is 42.8 Å². The molecule has 1 atom stereocenters. The second-order valence-electron chi connectivity index (χ2n) is 8.20. The molecule has 0 saturated carbocycles. The highest BCUT2D eigenvalue weighted by atomic mass is 35.5. The monoisotopic (exact) mass is 536 g/mol. The third-order valence-corrected chi connectivity index (χ3v) is 6.80. The molecule has 9 heteroatoms. The van der Waals surface area contributed by atoms with Gasteiger partial charge in [-0.05, 0) is 48.9 Å². The van der Waals surface area contributed by atoms with E-state index in [1.807, 2.05) is 36.0 Å². The van der Waals surface area contributed by atoms with Crippen molar-refractivity contribution in [2.45, 2.75) is 45.6 Å². The van der Waals surface area contributed by atoms with Crippen molar-refractivity contribution in [3.63, 3.8) is 0 Å². The van der Waals surface area contributed by atoms with Crippen molar-refractivity contribution in [3.8, 4) is 5.75 Å². The number of amides is 2. The van der Waals surface area contributed by atoms with Crippen LogP contribution in [0.1, 0.15) is 38.7 Å². The maximum Gasteiger partial charge on any atom is 0.333 e. The standard InChI is InChI=1S/C27H37ClN2O5S/c1-3-5-8-18-36-19-16-30(27(33)29-24-10-7-6-9-23(24)28)15-17-35-22-13-11-21(12-14-22)20-25(26(31)32)34-4-2/h6-7,9-14,25H,3-5,8,15-20H2,1-2H3,(H,29,33)(H,31,32). The minimum absolute atomic E-state index is 0.216. The zero-order valence-electron chi connectivity index (χ0n) is 21.1. The van der Waals surface area contributed by atoms with Crippen LogP contribution in [0.15, 0.2) is 48.5 Å². The van der Waals surface area contributed by atoms with Crippen molar-refractivity contribution in [2.75, 3.05) is 43.1 Å². The van der Waals surface area contributed by atoms with Crippen molar-refractivity contribution >= 4 is 41.1 Å². The molecule has 7 nitrogen and oxygen atoms in total. The lowest BCUT2D eigenvalue weighted by molar-refractivity contribution is -0.149. The number of thioether (sulfide) groups is 1. The number of carboxylic acids is 1. The maximum absolute atomic E-state index is 13.0. The molecule has 0 aliphatic rings. The highest BCUT2D eigenvalue weighted by Gasteiger charge is 2.18. The van der Waals surface area contributed by atoms with E-state index in [0.717, 1.165) is 17.1 Å². The van der Waals surface area contributed by atoms with E-state index in [9.17, 15) is 14.7 Å². The van der Waals surface area contributed by atoms with Crippen LogP contribution in [0.5, 0.6) is 5.75 Å². The number of ether oxygens (including phenoxy) is 2. The highest BCUT2D eigenvalue weighted by Crippen LogP contribution is 2.21. The van der Waals surface area contributed by atoms with E-state index >= 15 is 0 Å². The van der Waals surface area contributed by atoms with E-state index in [1.165, 1.54) is 19.3 Å². The molecule has 0 heterocycles. The van der Waals surface area contributed by atoms with Crippen LogP contribution in [0.4, 0.5) is 10.5 Å². The highest BCUT2D eigenvalue weighted by molar-refractivity contribution is 7.99. The molecule has 2 rings (SSSR count). The number of urea groups is 1. The molecule has 198 valence electrons. The van der Waals surface area contributed by atoms with Gasteiger partial charge in [0.05, 0.1) is 17.3 Å². The van der Waals surface area contributed by atoms with Crippen LogP contribution in [0.3, 0.4) is 0 Å². The Hall–Kier alpha value is -2.42. The van der Waals surface area contributed by atoms with Crippen LogP contribution in [0.25, 0.3) is 0 Å². The molecule has 2 aromatic carbocycles. The first-order valence-electron chi connectivity index (χ1n) is 12.4. The summed E-state index contributed by atoms with van der Waals surface area (Å²) in [5.74, 6) is 1.61. The van der Waals surface area contributed by atoms with Gasteiger partial charge in [-0.25, -0.2) is 9.59 Å². The van der Waals surface area contributed by atoms with Gasteiger partial charge in [-0.3, -0.25) is 0 Å². The Morgan fingerprint density at radius 1 is 1.06 bits per heavy atom. The van der Waals surface area contributed by atoms with Crippen LogP contribution in [0, 0.1) is 0 Å². The number of benzene rings is 2. The van der Waals surface area contributed by atoms with Crippen molar-refractivity contribution in [2.24, 2.45) is 0 Å². The Morgan fingerprint density at radius 2 is 1.81 bits per heavy atom. The van der Waals surface area contributed by atoms with E-state index in [1.54, 1.807) is 36.1 Å². The average molecular weight is 537 g/mol. The maximum atomic E-state index is 13.0. The second kappa shape index (κ2) is 17.1. The number of unbranched alkanes of at least 4 members (excludes halogenated alkanes) is 2. The summed E-state index contributed by atoms with van der Waals surface area (Å²) >= 11 is 8.06. The van der Waals surface area contributed by atoms with Gasteiger partial charge < -0.3 is 24.8 Å². The van der Waals surface area contributed by atoms with Gasteiger partial charge in [0.25, 0.3) is 0 Å². The number of rotatable bonds is 17. The number of carboxylic acid groups (broad SMARTS) is 1. The zero-order chi connectivity index (χ0) is 26.2. The molecule has 0 radical (unpaired) electrons. The predicted molar refractivity (Wildman–Crippen MR) is 148 cm³/mol. The van der Waals surface area contributed by atoms with Gasteiger partial charge in [0, 0.05) is 25.3 Å². The predicted octanol–water partition coefficient (Wildman–Crippen LogP) is 6.21. The number of carbonyl (C=O) groups is 2. The zero-order valence-corrected chi connectivity index (χ0v) is 22.7. The minimum Gasteiger partial charge on any atom is -0.492 e. The first-order chi connectivity index (χ1) is 17.4. The molecule has 0 aliphatic carbocycles. The summed E-state index contributed by atoms with van der Waals surface area (Å²) in [5.41, 5.74) is 1.43. The lowest BCUT2D eigenvalue weighted by atomic mass is 10.1. The Morgan fingerprint density at radius 3 is 2.47 bits per heavy atom. The molecule has 0 saturated heterocycles. The average Bonchev–Trinajstić information content (AvgIpc) is 2.87. The summed E-state index contributed by atoms with van der Waals surface area (Å²) in [7, 11) is 0. The quantitative estimate of drug-likeness (QED) is 0.234. The van der Waals surface area contributed by atoms with Crippen molar-refractivity contribution in [3.05, 3.63) is 59.1 Å². The number of nitrogens with zero attached hydrogens (tertiary/aromatic N) is 1. The molecule has 2 aromatic rings. The van der Waals surface area contributed by atoms with Gasteiger partial charge in [-0.1, -0.05) is 55.6 Å². The van der Waals surface area contributed by atoms with Gasteiger partial charge in [-0.2, -0.15) is 11.8 Å². The first kappa shape index (κ1) is 29.8. The third kappa shape index (κ3) is 11.1. The van der Waals surface area contributed by atoms with E-state index in [-0.39, 0.29) is 12.5 Å². The molecule has 2 amide bonds. The fraction of sp³-hybridized carbons (Fsp3) is 0.481. The Kier molecular flexibility index (Phi) is 14.2. The molecule has 0 aromatic heterocycles. The van der Waals surface area contributed by atoms with Crippen molar-refractivity contribution in [1.82, 2.24) is 4.90 Å². The number of para-hydroxylation sites is 1. The summed E-state index contributed by atoms with van der Waals surface area (Å²) in [5, 5.41) is 12.6. The largest absolute Gasteiger partial charge is 0.492 e. The smallest absolute Gasteiger partial charge is 0.333 e. The Bertz CT molecular complexity index is 929. The fourth-order valence-corrected chi connectivity index (χ4v) is 4.58. The summed E-state index contributed by atoms with van der Waals surface area (Å²) in [4.78, 5) is 26.0. The van der Waals surface area contributed by atoms with E-state index < -0.39 is 12.1 Å². The number of aliphatic carboxylic acids is 1. The lowest BCUT2D eigenvalue weighted by Crippen LogP contribution is -2.39. The summed E-state index contributed by atoms with van der Waals surface area (Å²) in [6.45, 7) is 5.65. The third-order valence-electron chi connectivity index (χ3n) is 5.42. The first-order valence-corrected chi connectivity index (χ1v) is 13.9. The topological polar surface area (TPSA) is 88.1 Å². The molecule has 2 N–H and O–H groups in total. The Labute approximate surface area is 223 Å². The number of anilines is 1. The Balaban J connectivity index is 1.90. The van der Waals surface area contributed by atoms with Crippen molar-refractivity contribution in [1.29, 1.82) is 0 Å². The summed E-state index contributed by atoms with van der Waals surface area (Å²) in [6.07, 6.45) is 3.02. The molecular formula is C27H37ClN2O5S. The number of hydrogen-bond acceptors (Lipinski definition) is 5. The van der Waals surface area contributed by atoms with Gasteiger partial charge in [0.2, 0.25) is 0 Å². The number of hydrogen-bond donors (Lipinski definition) is 2. The number of nitrogens with one attached hydrogen (secondary N) is 1. The molecule has 0 spiro atoms. The molecule has 0 fully saturated rings. The second-order valence-corrected chi connectivity index (χ2v) is 9.83. The van der Waals surface area contributed by atoms with Crippen LogP contribution in [-0.2, 0) is 16.0 Å².